The lowest BCUT2D eigenvalue weighted by atomic mass is 9.87. The van der Waals surface area contributed by atoms with Crippen LogP contribution in [0.25, 0.3) is 0 Å². The monoisotopic (exact) mass is 473 g/mol. The van der Waals surface area contributed by atoms with E-state index < -0.39 is 10.0 Å². The summed E-state index contributed by atoms with van der Waals surface area (Å²) in [7, 11) is -3.57. The smallest absolute Gasteiger partial charge is 0.243 e. The first-order valence-electron chi connectivity index (χ1n) is 11.6. The van der Waals surface area contributed by atoms with Gasteiger partial charge < -0.3 is 10.1 Å². The number of hydrogen-bond donors (Lipinski definition) is 1. The minimum absolute atomic E-state index is 0.0350. The Morgan fingerprint density at radius 2 is 1.82 bits per heavy atom. The topological polar surface area (TPSA) is 88.6 Å². The quantitative estimate of drug-likeness (QED) is 0.628. The fraction of sp³-hybridized carbons (Fsp3) is 0.520. The van der Waals surface area contributed by atoms with Gasteiger partial charge in [0.1, 0.15) is 0 Å². The van der Waals surface area contributed by atoms with Crippen molar-refractivity contribution in [3.8, 4) is 5.88 Å². The van der Waals surface area contributed by atoms with Crippen molar-refractivity contribution in [2.75, 3.05) is 19.7 Å². The highest BCUT2D eigenvalue weighted by molar-refractivity contribution is 7.89. The van der Waals surface area contributed by atoms with Crippen LogP contribution in [0.5, 0.6) is 5.88 Å². The molecular weight excluding hydrogens is 438 g/mol. The Balaban J connectivity index is 1.55. The van der Waals surface area contributed by atoms with Gasteiger partial charge in [0.15, 0.2) is 0 Å². The van der Waals surface area contributed by atoms with Crippen LogP contribution in [0.15, 0.2) is 47.5 Å². The summed E-state index contributed by atoms with van der Waals surface area (Å²) in [6.45, 7) is 9.89. The van der Waals surface area contributed by atoms with E-state index in [4.69, 9.17) is 4.74 Å². The van der Waals surface area contributed by atoms with Crippen molar-refractivity contribution in [1.29, 1.82) is 0 Å². The third kappa shape index (κ3) is 6.32. The Morgan fingerprint density at radius 3 is 2.42 bits per heavy atom. The van der Waals surface area contributed by atoms with Crippen molar-refractivity contribution in [3.63, 3.8) is 0 Å². The molecule has 33 heavy (non-hydrogen) atoms. The lowest BCUT2D eigenvalue weighted by molar-refractivity contribution is -0.126. The molecule has 0 unspecified atom stereocenters. The molecule has 0 saturated carbocycles. The number of carbonyl (C=O) groups is 1. The van der Waals surface area contributed by atoms with Gasteiger partial charge in [-0.25, -0.2) is 13.4 Å². The van der Waals surface area contributed by atoms with E-state index in [1.807, 2.05) is 31.2 Å². The van der Waals surface area contributed by atoms with E-state index in [0.29, 0.717) is 49.9 Å². The van der Waals surface area contributed by atoms with Gasteiger partial charge >= 0.3 is 0 Å². The summed E-state index contributed by atoms with van der Waals surface area (Å²) in [5.74, 6) is 0.265. The van der Waals surface area contributed by atoms with Crippen LogP contribution < -0.4 is 10.1 Å². The standard InChI is InChI=1S/C25H35N3O4S/c1-5-17-32-24-20(7-6-14-26-24)18-27-23(29)19-12-15-28(16-13-19)33(30,31)22-10-8-21(9-11-22)25(2,3)4/h6-11,14,19H,5,12-13,15-18H2,1-4H3,(H,27,29). The largest absolute Gasteiger partial charge is 0.477 e. The number of piperidine rings is 1. The number of nitrogens with one attached hydrogen (secondary N) is 1. The maximum absolute atomic E-state index is 13.1. The van der Waals surface area contributed by atoms with Crippen molar-refractivity contribution in [2.45, 2.75) is 63.8 Å². The maximum Gasteiger partial charge on any atom is 0.243 e. The molecule has 1 amide bonds. The first kappa shape index (κ1) is 25.2. The zero-order valence-corrected chi connectivity index (χ0v) is 20.8. The van der Waals surface area contributed by atoms with Crippen LogP contribution in [-0.4, -0.2) is 43.3 Å². The second-order valence-electron chi connectivity index (χ2n) is 9.49. The Hall–Kier alpha value is -2.45. The Bertz CT molecular complexity index is 1040. The molecule has 1 aliphatic heterocycles. The zero-order valence-electron chi connectivity index (χ0n) is 20.0. The first-order valence-corrected chi connectivity index (χ1v) is 13.0. The van der Waals surface area contributed by atoms with Gasteiger partial charge in [0.05, 0.1) is 11.5 Å². The summed E-state index contributed by atoms with van der Waals surface area (Å²) in [6, 6.07) is 10.8. The minimum Gasteiger partial charge on any atom is -0.477 e. The average Bonchev–Trinajstić information content (AvgIpc) is 2.81. The van der Waals surface area contributed by atoms with E-state index in [1.54, 1.807) is 18.3 Å². The van der Waals surface area contributed by atoms with Crippen molar-refractivity contribution < 1.29 is 17.9 Å². The fourth-order valence-corrected chi connectivity index (χ4v) is 5.32. The van der Waals surface area contributed by atoms with Crippen molar-refractivity contribution >= 4 is 15.9 Å². The van der Waals surface area contributed by atoms with Crippen molar-refractivity contribution in [3.05, 3.63) is 53.7 Å². The number of ether oxygens (including phenoxy) is 1. The Kier molecular flexibility index (Phi) is 8.13. The highest BCUT2D eigenvalue weighted by Crippen LogP contribution is 2.27. The molecule has 1 aromatic heterocycles. The Labute approximate surface area is 197 Å². The summed E-state index contributed by atoms with van der Waals surface area (Å²) in [5, 5.41) is 2.96. The van der Waals surface area contributed by atoms with E-state index in [-0.39, 0.29) is 17.2 Å². The molecule has 8 heteroatoms. The first-order chi connectivity index (χ1) is 15.6. The van der Waals surface area contributed by atoms with Crippen LogP contribution in [0.3, 0.4) is 0 Å². The molecule has 0 bridgehead atoms. The van der Waals surface area contributed by atoms with Crippen molar-refractivity contribution in [2.24, 2.45) is 5.92 Å². The maximum atomic E-state index is 13.1. The number of carbonyl (C=O) groups excluding carboxylic acids is 1. The molecule has 3 rings (SSSR count). The van der Waals surface area contributed by atoms with Gasteiger partial charge in [-0.1, -0.05) is 45.9 Å². The predicted octanol–water partition coefficient (Wildman–Crippen LogP) is 3.89. The van der Waals surface area contributed by atoms with Gasteiger partial charge in [0.2, 0.25) is 21.8 Å². The number of sulfonamides is 1. The number of pyridine rings is 1. The zero-order chi connectivity index (χ0) is 24.1. The van der Waals surface area contributed by atoms with E-state index in [9.17, 15) is 13.2 Å². The minimum atomic E-state index is -3.57. The summed E-state index contributed by atoms with van der Waals surface area (Å²) >= 11 is 0. The average molecular weight is 474 g/mol. The number of hydrogen-bond acceptors (Lipinski definition) is 5. The molecule has 2 aromatic rings. The molecular formula is C25H35N3O4S. The number of amides is 1. The molecule has 0 spiro atoms. The fourth-order valence-electron chi connectivity index (χ4n) is 3.85. The highest BCUT2D eigenvalue weighted by Gasteiger charge is 2.32. The normalized spacial score (nSPS) is 15.9. The van der Waals surface area contributed by atoms with Gasteiger partial charge in [-0.2, -0.15) is 4.31 Å². The van der Waals surface area contributed by atoms with Crippen molar-refractivity contribution in [1.82, 2.24) is 14.6 Å². The number of rotatable bonds is 8. The van der Waals surface area contributed by atoms with Gasteiger partial charge in [0.25, 0.3) is 0 Å². The Morgan fingerprint density at radius 1 is 1.15 bits per heavy atom. The SMILES string of the molecule is CCCOc1ncccc1CNC(=O)C1CCN(S(=O)(=O)c2ccc(C(C)(C)C)cc2)CC1. The third-order valence-electron chi connectivity index (χ3n) is 5.93. The molecule has 7 nitrogen and oxygen atoms in total. The van der Waals surface area contributed by atoms with Gasteiger partial charge in [-0.15, -0.1) is 0 Å². The molecule has 1 aromatic carbocycles. The third-order valence-corrected chi connectivity index (χ3v) is 7.84. The summed E-state index contributed by atoms with van der Waals surface area (Å²) in [5.41, 5.74) is 1.89. The molecule has 2 heterocycles. The molecule has 1 fully saturated rings. The molecule has 1 aliphatic rings. The molecule has 0 atom stereocenters. The molecule has 1 saturated heterocycles. The van der Waals surface area contributed by atoms with Crippen LogP contribution in [0, 0.1) is 5.92 Å². The van der Waals surface area contributed by atoms with Gasteiger partial charge in [-0.3, -0.25) is 4.79 Å². The number of aromatic nitrogens is 1. The number of nitrogens with zero attached hydrogens (tertiary/aromatic N) is 2. The van der Waals surface area contributed by atoms with Crippen LogP contribution in [0.1, 0.15) is 58.1 Å². The van der Waals surface area contributed by atoms with E-state index in [0.717, 1.165) is 17.5 Å². The summed E-state index contributed by atoms with van der Waals surface area (Å²) < 4.78 is 33.3. The molecule has 180 valence electrons. The van der Waals surface area contributed by atoms with Gasteiger partial charge in [0, 0.05) is 37.3 Å². The second kappa shape index (κ2) is 10.7. The van der Waals surface area contributed by atoms with Gasteiger partial charge in [-0.05, 0) is 48.4 Å². The molecule has 0 radical (unpaired) electrons. The highest BCUT2D eigenvalue weighted by atomic mass is 32.2. The second-order valence-corrected chi connectivity index (χ2v) is 11.4. The van der Waals surface area contributed by atoms with E-state index >= 15 is 0 Å². The van der Waals surface area contributed by atoms with Crippen LogP contribution in [-0.2, 0) is 26.8 Å². The van der Waals surface area contributed by atoms with E-state index in [2.05, 4.69) is 31.1 Å². The van der Waals surface area contributed by atoms with E-state index in [1.165, 1.54) is 4.31 Å². The van der Waals surface area contributed by atoms with Crippen LogP contribution >= 0.6 is 0 Å². The molecule has 1 N–H and O–H groups in total. The van der Waals surface area contributed by atoms with Crippen LogP contribution in [0.4, 0.5) is 0 Å². The summed E-state index contributed by atoms with van der Waals surface area (Å²) in [4.78, 5) is 17.3. The lowest BCUT2D eigenvalue weighted by Gasteiger charge is -2.30. The predicted molar refractivity (Wildman–Crippen MR) is 128 cm³/mol. The summed E-state index contributed by atoms with van der Waals surface area (Å²) in [6.07, 6.45) is 3.54. The molecule has 0 aliphatic carbocycles. The number of benzene rings is 1. The van der Waals surface area contributed by atoms with Crippen LogP contribution in [0.2, 0.25) is 0 Å². The lowest BCUT2D eigenvalue weighted by Crippen LogP contribution is -2.42.